The number of halogens is 5. The molecule has 21 heavy (non-hydrogen) atoms. The predicted octanol–water partition coefficient (Wildman–Crippen LogP) is 3.03. The van der Waals surface area contributed by atoms with E-state index in [2.05, 4.69) is 0 Å². The largest absolute Gasteiger partial charge is 0.416 e. The fourth-order valence-electron chi connectivity index (χ4n) is 1.89. The van der Waals surface area contributed by atoms with Gasteiger partial charge in [0, 0.05) is 13.1 Å². The average molecular weight is 364 g/mol. The lowest BCUT2D eigenvalue weighted by Gasteiger charge is -2.27. The van der Waals surface area contributed by atoms with E-state index in [9.17, 15) is 21.6 Å². The van der Waals surface area contributed by atoms with E-state index in [1.165, 1.54) is 0 Å². The second-order valence-electron chi connectivity index (χ2n) is 4.28. The first-order valence-corrected chi connectivity index (χ1v) is 7.98. The average Bonchev–Trinajstić information content (AvgIpc) is 2.37. The normalized spacial score (nSPS) is 18.0. The Kier molecular flexibility index (Phi) is 4.75. The number of rotatable bonds is 2. The molecule has 4 nitrogen and oxygen atoms in total. The van der Waals surface area contributed by atoms with Gasteiger partial charge in [0.15, 0.2) is 0 Å². The predicted molar refractivity (Wildman–Crippen MR) is 71.0 cm³/mol. The topological polar surface area (TPSA) is 46.6 Å². The zero-order valence-electron chi connectivity index (χ0n) is 10.5. The highest BCUT2D eigenvalue weighted by Gasteiger charge is 2.36. The van der Waals surface area contributed by atoms with E-state index in [0.29, 0.717) is 12.1 Å². The van der Waals surface area contributed by atoms with E-state index >= 15 is 0 Å². The Morgan fingerprint density at radius 1 is 1.10 bits per heavy atom. The van der Waals surface area contributed by atoms with Gasteiger partial charge in [0.1, 0.15) is 4.90 Å². The van der Waals surface area contributed by atoms with Crippen LogP contribution in [0.15, 0.2) is 17.0 Å². The molecule has 1 aliphatic heterocycles. The minimum atomic E-state index is -4.66. The van der Waals surface area contributed by atoms with E-state index in [4.69, 9.17) is 27.9 Å². The third kappa shape index (κ3) is 3.45. The van der Waals surface area contributed by atoms with Crippen LogP contribution >= 0.6 is 23.2 Å². The summed E-state index contributed by atoms with van der Waals surface area (Å²) in [5, 5.41) is -1.11. The summed E-state index contributed by atoms with van der Waals surface area (Å²) in [4.78, 5) is -0.513. The first-order valence-electron chi connectivity index (χ1n) is 5.78. The summed E-state index contributed by atoms with van der Waals surface area (Å²) in [5.74, 6) is 0. The summed E-state index contributed by atoms with van der Waals surface area (Å²) >= 11 is 11.4. The van der Waals surface area contributed by atoms with Gasteiger partial charge in [-0.3, -0.25) is 0 Å². The molecule has 0 amide bonds. The summed E-state index contributed by atoms with van der Waals surface area (Å²) in [5.41, 5.74) is -1.10. The highest BCUT2D eigenvalue weighted by atomic mass is 35.5. The van der Waals surface area contributed by atoms with Crippen molar-refractivity contribution in [3.8, 4) is 0 Å². The van der Waals surface area contributed by atoms with Crippen LogP contribution in [0, 0.1) is 0 Å². The number of sulfonamides is 1. The van der Waals surface area contributed by atoms with Crippen LogP contribution in [0.25, 0.3) is 0 Å². The Hall–Kier alpha value is -0.540. The fourth-order valence-corrected chi connectivity index (χ4v) is 4.46. The lowest BCUT2D eigenvalue weighted by molar-refractivity contribution is -0.137. The second-order valence-corrected chi connectivity index (χ2v) is 6.97. The van der Waals surface area contributed by atoms with Crippen molar-refractivity contribution >= 4 is 33.2 Å². The number of alkyl halides is 3. The van der Waals surface area contributed by atoms with Crippen LogP contribution in [0.2, 0.25) is 10.0 Å². The first-order chi connectivity index (χ1) is 9.64. The molecule has 0 saturated carbocycles. The highest BCUT2D eigenvalue weighted by molar-refractivity contribution is 7.89. The van der Waals surface area contributed by atoms with Crippen LogP contribution in [0.3, 0.4) is 0 Å². The van der Waals surface area contributed by atoms with Gasteiger partial charge in [-0.05, 0) is 12.1 Å². The third-order valence-corrected chi connectivity index (χ3v) is 5.71. The molecule has 1 aromatic carbocycles. The van der Waals surface area contributed by atoms with Crippen LogP contribution in [0.1, 0.15) is 5.56 Å². The molecule has 1 heterocycles. The molecule has 2 rings (SSSR count). The summed E-state index contributed by atoms with van der Waals surface area (Å²) in [6.07, 6.45) is -4.66. The minimum absolute atomic E-state index is 0.0933. The molecule has 1 fully saturated rings. The molecule has 1 aromatic rings. The summed E-state index contributed by atoms with van der Waals surface area (Å²) in [6, 6.07) is 1.11. The van der Waals surface area contributed by atoms with Crippen LogP contribution in [-0.4, -0.2) is 39.0 Å². The van der Waals surface area contributed by atoms with Gasteiger partial charge in [-0.1, -0.05) is 23.2 Å². The van der Waals surface area contributed by atoms with Crippen molar-refractivity contribution in [2.45, 2.75) is 11.1 Å². The van der Waals surface area contributed by atoms with Crippen molar-refractivity contribution in [1.29, 1.82) is 0 Å². The minimum Gasteiger partial charge on any atom is -0.379 e. The molecule has 1 aliphatic rings. The van der Waals surface area contributed by atoms with Crippen LogP contribution < -0.4 is 0 Å². The van der Waals surface area contributed by atoms with E-state index < -0.39 is 36.7 Å². The van der Waals surface area contributed by atoms with Gasteiger partial charge in [-0.15, -0.1) is 0 Å². The maximum absolute atomic E-state index is 12.6. The van der Waals surface area contributed by atoms with Crippen molar-refractivity contribution in [1.82, 2.24) is 4.31 Å². The third-order valence-electron chi connectivity index (χ3n) is 2.89. The SMILES string of the molecule is O=S(=O)(c1c(Cl)cc(C(F)(F)F)cc1Cl)N1CCOCC1. The van der Waals surface area contributed by atoms with E-state index in [0.717, 1.165) is 4.31 Å². The van der Waals surface area contributed by atoms with Crippen molar-refractivity contribution in [3.05, 3.63) is 27.7 Å². The lowest BCUT2D eigenvalue weighted by Crippen LogP contribution is -2.40. The van der Waals surface area contributed by atoms with Gasteiger partial charge >= 0.3 is 6.18 Å². The van der Waals surface area contributed by atoms with Gasteiger partial charge < -0.3 is 4.74 Å². The standard InChI is InChI=1S/C11H10Cl2F3NO3S/c12-8-5-7(11(14,15)16)6-9(13)10(8)21(18,19)17-1-3-20-4-2-17/h5-6H,1-4H2. The molecule has 0 aromatic heterocycles. The van der Waals surface area contributed by atoms with Crippen molar-refractivity contribution < 1.29 is 26.3 Å². The molecule has 0 radical (unpaired) electrons. The number of ether oxygens (including phenoxy) is 1. The molecule has 0 atom stereocenters. The maximum Gasteiger partial charge on any atom is 0.416 e. The molecular formula is C11H10Cl2F3NO3S. The summed E-state index contributed by atoms with van der Waals surface area (Å²) in [7, 11) is -4.06. The number of benzene rings is 1. The Morgan fingerprint density at radius 3 is 2.00 bits per heavy atom. The molecular weight excluding hydrogens is 354 g/mol. The Labute approximate surface area is 129 Å². The van der Waals surface area contributed by atoms with Gasteiger partial charge in [0.25, 0.3) is 0 Å². The molecule has 0 bridgehead atoms. The van der Waals surface area contributed by atoms with Crippen molar-refractivity contribution in [3.63, 3.8) is 0 Å². The molecule has 0 aliphatic carbocycles. The van der Waals surface area contributed by atoms with Gasteiger partial charge in [0.2, 0.25) is 10.0 Å². The van der Waals surface area contributed by atoms with Gasteiger partial charge in [0.05, 0.1) is 28.8 Å². The van der Waals surface area contributed by atoms with Gasteiger partial charge in [-0.2, -0.15) is 17.5 Å². The lowest BCUT2D eigenvalue weighted by atomic mass is 10.2. The first kappa shape index (κ1) is 16.8. The van der Waals surface area contributed by atoms with Gasteiger partial charge in [-0.25, -0.2) is 8.42 Å². The second kappa shape index (κ2) is 5.92. The number of hydrogen-bond donors (Lipinski definition) is 0. The van der Waals surface area contributed by atoms with Crippen molar-refractivity contribution in [2.75, 3.05) is 26.3 Å². The molecule has 0 spiro atoms. The molecule has 0 N–H and O–H groups in total. The summed E-state index contributed by atoms with van der Waals surface area (Å²) in [6.45, 7) is 0.593. The molecule has 118 valence electrons. The number of nitrogens with zero attached hydrogens (tertiary/aromatic N) is 1. The Bertz CT molecular complexity index is 620. The van der Waals surface area contributed by atoms with Crippen LogP contribution in [0.5, 0.6) is 0 Å². The number of morpholine rings is 1. The van der Waals surface area contributed by atoms with E-state index in [-0.39, 0.29) is 26.3 Å². The van der Waals surface area contributed by atoms with E-state index in [1.54, 1.807) is 0 Å². The zero-order chi connectivity index (χ0) is 15.8. The number of hydrogen-bond acceptors (Lipinski definition) is 3. The van der Waals surface area contributed by atoms with Crippen molar-refractivity contribution in [2.24, 2.45) is 0 Å². The highest BCUT2D eigenvalue weighted by Crippen LogP contribution is 2.38. The fraction of sp³-hybridized carbons (Fsp3) is 0.455. The van der Waals surface area contributed by atoms with E-state index in [1.807, 2.05) is 0 Å². The Morgan fingerprint density at radius 2 is 1.57 bits per heavy atom. The van der Waals surface area contributed by atoms with Crippen LogP contribution in [-0.2, 0) is 20.9 Å². The van der Waals surface area contributed by atoms with Crippen LogP contribution in [0.4, 0.5) is 13.2 Å². The smallest absolute Gasteiger partial charge is 0.379 e. The summed E-state index contributed by atoms with van der Waals surface area (Å²) < 4.78 is 68.8. The molecule has 1 saturated heterocycles. The monoisotopic (exact) mass is 363 g/mol. The Balaban J connectivity index is 2.49. The maximum atomic E-state index is 12.6. The zero-order valence-corrected chi connectivity index (χ0v) is 12.8. The molecule has 0 unspecified atom stereocenters. The molecule has 10 heteroatoms. The quantitative estimate of drug-likeness (QED) is 0.811.